The van der Waals surface area contributed by atoms with E-state index < -0.39 is 64.7 Å². The first-order valence-electron chi connectivity index (χ1n) is 17.5. The molecule has 5 rings (SSSR count). The molecule has 4 heterocycles. The Labute approximate surface area is 302 Å². The standard InChI is InChI=1S/C37H49N7O6S/c1-8-11-24(29(45)33(47)39-21-13-14-21)41-32(46)27-18-22(20-44(27)34(48)31(36(2,3)4)42-35(49)43-37(5,6)7)50-28-19-26(23-12-9-10-16-38-23)40-25-15-17-51-30(25)28/h9-10,12,15-17,19,21-22,24,27,31H,8,11,13-14,18,20H2,1-7H3,(H,39,47)(H,41,46)(H2,42,43,49)/t22-,24+,27?,31-/m1/s1. The van der Waals surface area contributed by atoms with Crippen molar-refractivity contribution < 1.29 is 28.7 Å². The van der Waals surface area contributed by atoms with Gasteiger partial charge in [0.15, 0.2) is 0 Å². The molecule has 13 nitrogen and oxygen atoms in total. The van der Waals surface area contributed by atoms with E-state index in [0.717, 1.165) is 23.1 Å². The number of nitrogens with one attached hydrogen (secondary N) is 4. The lowest BCUT2D eigenvalue weighted by atomic mass is 9.85. The fraction of sp³-hybridized carbons (Fsp3) is 0.541. The van der Waals surface area contributed by atoms with Gasteiger partial charge in [0.2, 0.25) is 17.6 Å². The molecule has 1 unspecified atom stereocenters. The summed E-state index contributed by atoms with van der Waals surface area (Å²) in [6.45, 7) is 12.9. The average molecular weight is 720 g/mol. The van der Waals surface area contributed by atoms with Gasteiger partial charge >= 0.3 is 6.03 Å². The second kappa shape index (κ2) is 15.3. The SMILES string of the molecule is CCC[C@H](NC(=O)C1C[C@@H](Oc2cc(-c3ccccn3)nc3ccsc23)CN1C(=O)[C@@H](NC(=O)NC(C)(C)C)C(C)(C)C)C(=O)C(=O)NC1CC1. The van der Waals surface area contributed by atoms with Gasteiger partial charge in [0.1, 0.15) is 23.9 Å². The van der Waals surface area contributed by atoms with E-state index in [1.54, 1.807) is 6.20 Å². The van der Waals surface area contributed by atoms with Crippen LogP contribution in [0.4, 0.5) is 4.79 Å². The topological polar surface area (TPSA) is 172 Å². The molecule has 1 saturated heterocycles. The smallest absolute Gasteiger partial charge is 0.315 e. The van der Waals surface area contributed by atoms with E-state index in [1.807, 2.05) is 84.2 Å². The number of pyridine rings is 2. The largest absolute Gasteiger partial charge is 0.487 e. The molecule has 0 aromatic carbocycles. The number of hydrogen-bond acceptors (Lipinski definition) is 9. The minimum absolute atomic E-state index is 0.0150. The van der Waals surface area contributed by atoms with Gasteiger partial charge in [-0.25, -0.2) is 9.78 Å². The summed E-state index contributed by atoms with van der Waals surface area (Å²) in [5.74, 6) is -1.93. The predicted molar refractivity (Wildman–Crippen MR) is 195 cm³/mol. The van der Waals surface area contributed by atoms with E-state index in [1.165, 1.54) is 16.2 Å². The van der Waals surface area contributed by atoms with Gasteiger partial charge in [0.05, 0.1) is 34.2 Å². The second-order valence-electron chi connectivity index (χ2n) is 15.4. The van der Waals surface area contributed by atoms with Crippen molar-refractivity contribution >= 4 is 51.1 Å². The highest BCUT2D eigenvalue weighted by Gasteiger charge is 2.47. The van der Waals surface area contributed by atoms with Crippen LogP contribution >= 0.6 is 11.3 Å². The second-order valence-corrected chi connectivity index (χ2v) is 16.4. The van der Waals surface area contributed by atoms with Crippen LogP contribution in [0.25, 0.3) is 21.6 Å². The minimum atomic E-state index is -1.06. The molecule has 51 heavy (non-hydrogen) atoms. The molecule has 1 saturated carbocycles. The van der Waals surface area contributed by atoms with Crippen LogP contribution in [-0.4, -0.2) is 86.8 Å². The van der Waals surface area contributed by atoms with Crippen molar-refractivity contribution in [3.63, 3.8) is 0 Å². The van der Waals surface area contributed by atoms with Crippen LogP contribution in [0.5, 0.6) is 5.75 Å². The van der Waals surface area contributed by atoms with Gasteiger partial charge in [0.25, 0.3) is 5.91 Å². The fourth-order valence-electron chi connectivity index (χ4n) is 6.00. The summed E-state index contributed by atoms with van der Waals surface area (Å²) in [4.78, 5) is 78.2. The number of carbonyl (C=O) groups excluding carboxylic acids is 5. The van der Waals surface area contributed by atoms with Crippen molar-refractivity contribution in [3.8, 4) is 17.1 Å². The van der Waals surface area contributed by atoms with E-state index in [9.17, 15) is 24.0 Å². The predicted octanol–water partition coefficient (Wildman–Crippen LogP) is 4.35. The Balaban J connectivity index is 1.45. The minimum Gasteiger partial charge on any atom is -0.487 e. The lowest BCUT2D eigenvalue weighted by Gasteiger charge is -2.36. The molecule has 0 radical (unpaired) electrons. The van der Waals surface area contributed by atoms with Gasteiger partial charge in [-0.1, -0.05) is 40.2 Å². The van der Waals surface area contributed by atoms with Crippen LogP contribution in [-0.2, 0) is 19.2 Å². The average Bonchev–Trinajstić information content (AvgIpc) is 3.56. The molecule has 4 atom stereocenters. The first-order valence-corrected chi connectivity index (χ1v) is 18.4. The lowest BCUT2D eigenvalue weighted by Crippen LogP contribution is -2.61. The third-order valence-corrected chi connectivity index (χ3v) is 9.59. The quantitative estimate of drug-likeness (QED) is 0.200. The summed E-state index contributed by atoms with van der Waals surface area (Å²) in [7, 11) is 0. The summed E-state index contributed by atoms with van der Waals surface area (Å²) >= 11 is 1.47. The number of ketones is 1. The Morgan fingerprint density at radius 2 is 1.76 bits per heavy atom. The number of urea groups is 1. The van der Waals surface area contributed by atoms with Crippen LogP contribution in [0, 0.1) is 5.41 Å². The number of ether oxygens (including phenoxy) is 1. The molecule has 4 N–H and O–H groups in total. The number of likely N-dealkylation sites (tertiary alicyclic amines) is 1. The van der Waals surface area contributed by atoms with Gasteiger partial charge in [0, 0.05) is 30.3 Å². The molecule has 3 aromatic rings. The van der Waals surface area contributed by atoms with E-state index >= 15 is 0 Å². The molecule has 1 aliphatic heterocycles. The first kappa shape index (κ1) is 37.7. The molecule has 14 heteroatoms. The zero-order chi connectivity index (χ0) is 37.1. The number of Topliss-reactive ketones (excluding diaryl/α,β-unsaturated/α-hetero) is 1. The van der Waals surface area contributed by atoms with Crippen molar-refractivity contribution in [1.29, 1.82) is 0 Å². The van der Waals surface area contributed by atoms with E-state index in [4.69, 9.17) is 9.72 Å². The van der Waals surface area contributed by atoms with Gasteiger partial charge in [-0.3, -0.25) is 24.2 Å². The summed E-state index contributed by atoms with van der Waals surface area (Å²) < 4.78 is 7.42. The number of aromatic nitrogens is 2. The van der Waals surface area contributed by atoms with Gasteiger partial charge in [-0.15, -0.1) is 11.3 Å². The summed E-state index contributed by atoms with van der Waals surface area (Å²) in [6.07, 6.45) is 3.61. The van der Waals surface area contributed by atoms with E-state index in [-0.39, 0.29) is 25.4 Å². The number of rotatable bonds is 12. The molecule has 274 valence electrons. The van der Waals surface area contributed by atoms with Crippen molar-refractivity contribution in [2.24, 2.45) is 5.41 Å². The maximum Gasteiger partial charge on any atom is 0.315 e. The lowest BCUT2D eigenvalue weighted by molar-refractivity contribution is -0.144. The highest BCUT2D eigenvalue weighted by atomic mass is 32.1. The zero-order valence-electron chi connectivity index (χ0n) is 30.4. The molecule has 5 amide bonds. The number of amides is 5. The van der Waals surface area contributed by atoms with Crippen molar-refractivity contribution in [3.05, 3.63) is 41.9 Å². The molecule has 2 aliphatic rings. The number of hydrogen-bond donors (Lipinski definition) is 4. The van der Waals surface area contributed by atoms with Gasteiger partial charge < -0.3 is 30.9 Å². The normalized spacial score (nSPS) is 18.8. The van der Waals surface area contributed by atoms with Gasteiger partial charge in [-0.2, -0.15) is 0 Å². The Bertz CT molecular complexity index is 1760. The Kier molecular flexibility index (Phi) is 11.3. The number of nitrogens with zero attached hydrogens (tertiary/aromatic N) is 3. The molecule has 0 bridgehead atoms. The van der Waals surface area contributed by atoms with Crippen LogP contribution in [0.1, 0.15) is 80.6 Å². The molecular weight excluding hydrogens is 671 g/mol. The summed E-state index contributed by atoms with van der Waals surface area (Å²) in [5, 5.41) is 13.1. The van der Waals surface area contributed by atoms with Crippen LogP contribution in [0.15, 0.2) is 41.9 Å². The Morgan fingerprint density at radius 3 is 2.39 bits per heavy atom. The van der Waals surface area contributed by atoms with Crippen LogP contribution in [0.3, 0.4) is 0 Å². The maximum atomic E-state index is 14.5. The monoisotopic (exact) mass is 719 g/mol. The first-order chi connectivity index (χ1) is 24.0. The molecule has 1 aliphatic carbocycles. The van der Waals surface area contributed by atoms with Crippen molar-refractivity contribution in [2.75, 3.05) is 6.54 Å². The fourth-order valence-corrected chi connectivity index (χ4v) is 6.79. The molecular formula is C37H49N7O6S. The summed E-state index contributed by atoms with van der Waals surface area (Å²) in [5.41, 5.74) is 0.721. The number of fused-ring (bicyclic) bond motifs is 1. The van der Waals surface area contributed by atoms with Gasteiger partial charge in [-0.05, 0) is 69.0 Å². The highest BCUT2D eigenvalue weighted by molar-refractivity contribution is 7.17. The van der Waals surface area contributed by atoms with Crippen molar-refractivity contribution in [1.82, 2.24) is 36.1 Å². The molecule has 2 fully saturated rings. The molecule has 0 spiro atoms. The zero-order valence-corrected chi connectivity index (χ0v) is 31.2. The Morgan fingerprint density at radius 1 is 1.02 bits per heavy atom. The highest BCUT2D eigenvalue weighted by Crippen LogP contribution is 2.36. The summed E-state index contributed by atoms with van der Waals surface area (Å²) in [6, 6.07) is 5.62. The number of carbonyl (C=O) groups is 5. The maximum absolute atomic E-state index is 14.5. The van der Waals surface area contributed by atoms with E-state index in [2.05, 4.69) is 26.3 Å². The molecule has 3 aromatic heterocycles. The third kappa shape index (κ3) is 9.60. The van der Waals surface area contributed by atoms with Crippen molar-refractivity contribution in [2.45, 2.75) is 116 Å². The Hall–Kier alpha value is -4.59. The van der Waals surface area contributed by atoms with Crippen LogP contribution < -0.4 is 26.0 Å². The van der Waals surface area contributed by atoms with Crippen LogP contribution in [0.2, 0.25) is 0 Å². The number of thiophene rings is 1. The van der Waals surface area contributed by atoms with E-state index in [0.29, 0.717) is 23.6 Å². The third-order valence-electron chi connectivity index (χ3n) is 8.67.